The van der Waals surface area contributed by atoms with Gasteiger partial charge in [-0.1, -0.05) is 24.3 Å². The first-order valence-corrected chi connectivity index (χ1v) is 9.06. The van der Waals surface area contributed by atoms with Gasteiger partial charge in [-0.3, -0.25) is 4.79 Å². The van der Waals surface area contributed by atoms with E-state index in [4.69, 9.17) is 0 Å². The first-order valence-electron chi connectivity index (χ1n) is 7.23. The maximum absolute atomic E-state index is 12.7. The Hall–Kier alpha value is -1.40. The molecule has 0 spiro atoms. The van der Waals surface area contributed by atoms with Gasteiger partial charge in [-0.15, -0.1) is 0 Å². The minimum atomic E-state index is -2.97. The van der Waals surface area contributed by atoms with Crippen LogP contribution in [0.5, 0.6) is 0 Å². The number of sulfone groups is 1. The van der Waals surface area contributed by atoms with Crippen molar-refractivity contribution in [1.82, 2.24) is 10.2 Å². The smallest absolute Gasteiger partial charge is 0.231 e. The first-order chi connectivity index (χ1) is 9.98. The van der Waals surface area contributed by atoms with E-state index in [0.717, 1.165) is 17.7 Å². The fourth-order valence-electron chi connectivity index (χ4n) is 3.22. The summed E-state index contributed by atoms with van der Waals surface area (Å²) in [6.07, 6.45) is 0.548. The van der Waals surface area contributed by atoms with Gasteiger partial charge in [-0.25, -0.2) is 8.42 Å². The molecule has 1 amide bonds. The van der Waals surface area contributed by atoms with Crippen LogP contribution in [0.3, 0.4) is 0 Å². The molecule has 5 nitrogen and oxygen atoms in total. The molecule has 2 aliphatic heterocycles. The standard InChI is InChI=1S/C15H20N2O3S/c1-17(12-6-7-21(19,20)10-12)15(18)14-9-16-8-11-4-2-3-5-13(11)14/h2-5,12,14,16H,6-10H2,1H3. The molecule has 3 rings (SSSR count). The van der Waals surface area contributed by atoms with Crippen molar-refractivity contribution in [3.8, 4) is 0 Å². The van der Waals surface area contributed by atoms with Crippen molar-refractivity contribution in [3.63, 3.8) is 0 Å². The molecule has 1 N–H and O–H groups in total. The van der Waals surface area contributed by atoms with Gasteiger partial charge in [0.05, 0.1) is 17.4 Å². The summed E-state index contributed by atoms with van der Waals surface area (Å²) >= 11 is 0. The van der Waals surface area contributed by atoms with E-state index in [-0.39, 0.29) is 29.4 Å². The predicted octanol–water partition coefficient (Wildman–Crippen LogP) is 0.519. The maximum atomic E-state index is 12.7. The van der Waals surface area contributed by atoms with Gasteiger partial charge in [0, 0.05) is 26.2 Å². The molecule has 1 aromatic rings. The summed E-state index contributed by atoms with van der Waals surface area (Å²) in [6.45, 7) is 1.39. The van der Waals surface area contributed by atoms with Crippen LogP contribution in [0.4, 0.5) is 0 Å². The van der Waals surface area contributed by atoms with E-state index in [2.05, 4.69) is 5.32 Å². The molecule has 0 bridgehead atoms. The van der Waals surface area contributed by atoms with Gasteiger partial charge in [0.25, 0.3) is 0 Å². The highest BCUT2D eigenvalue weighted by Crippen LogP contribution is 2.27. The zero-order valence-electron chi connectivity index (χ0n) is 12.1. The van der Waals surface area contributed by atoms with E-state index in [1.165, 1.54) is 0 Å². The molecule has 2 unspecified atom stereocenters. The van der Waals surface area contributed by atoms with Crippen LogP contribution in [0.15, 0.2) is 24.3 Å². The highest BCUT2D eigenvalue weighted by molar-refractivity contribution is 7.91. The van der Waals surface area contributed by atoms with Gasteiger partial charge in [0.1, 0.15) is 0 Å². The molecule has 114 valence electrons. The van der Waals surface area contributed by atoms with Crippen LogP contribution in [0.25, 0.3) is 0 Å². The molecule has 1 aromatic carbocycles. The van der Waals surface area contributed by atoms with Crippen molar-refractivity contribution in [3.05, 3.63) is 35.4 Å². The fraction of sp³-hybridized carbons (Fsp3) is 0.533. The van der Waals surface area contributed by atoms with Crippen LogP contribution in [-0.4, -0.2) is 50.4 Å². The van der Waals surface area contributed by atoms with Gasteiger partial charge < -0.3 is 10.2 Å². The van der Waals surface area contributed by atoms with Crippen LogP contribution >= 0.6 is 0 Å². The number of carbonyl (C=O) groups excluding carboxylic acids is 1. The minimum Gasteiger partial charge on any atom is -0.341 e. The van der Waals surface area contributed by atoms with Gasteiger partial charge in [-0.2, -0.15) is 0 Å². The molecule has 0 radical (unpaired) electrons. The van der Waals surface area contributed by atoms with Crippen molar-refractivity contribution in [2.24, 2.45) is 0 Å². The zero-order chi connectivity index (χ0) is 15.0. The Morgan fingerprint density at radius 2 is 2.10 bits per heavy atom. The molecule has 2 heterocycles. The SMILES string of the molecule is CN(C(=O)C1CNCc2ccccc21)C1CCS(=O)(=O)C1. The molecule has 0 aromatic heterocycles. The Balaban J connectivity index is 1.80. The summed E-state index contributed by atoms with van der Waals surface area (Å²) in [5.74, 6) is 0.0752. The number of carbonyl (C=O) groups is 1. The van der Waals surface area contributed by atoms with Gasteiger partial charge in [-0.05, 0) is 17.5 Å². The van der Waals surface area contributed by atoms with Crippen molar-refractivity contribution < 1.29 is 13.2 Å². The number of hydrogen-bond donors (Lipinski definition) is 1. The Morgan fingerprint density at radius 1 is 1.33 bits per heavy atom. The van der Waals surface area contributed by atoms with Crippen LogP contribution in [-0.2, 0) is 21.2 Å². The van der Waals surface area contributed by atoms with Crippen molar-refractivity contribution in [2.75, 3.05) is 25.1 Å². The fourth-order valence-corrected chi connectivity index (χ4v) is 5.00. The molecular weight excluding hydrogens is 288 g/mol. The van der Waals surface area contributed by atoms with Crippen LogP contribution < -0.4 is 5.32 Å². The number of likely N-dealkylation sites (N-methyl/N-ethyl adjacent to an activating group) is 1. The van der Waals surface area contributed by atoms with E-state index < -0.39 is 9.84 Å². The van der Waals surface area contributed by atoms with Crippen LogP contribution in [0, 0.1) is 0 Å². The number of nitrogens with one attached hydrogen (secondary N) is 1. The molecular formula is C15H20N2O3S. The molecule has 2 atom stereocenters. The summed E-state index contributed by atoms with van der Waals surface area (Å²) < 4.78 is 23.2. The lowest BCUT2D eigenvalue weighted by Crippen LogP contribution is -2.44. The van der Waals surface area contributed by atoms with Gasteiger partial charge in [0.2, 0.25) is 5.91 Å². The van der Waals surface area contributed by atoms with E-state index in [1.54, 1.807) is 11.9 Å². The Bertz CT molecular complexity index is 657. The number of fused-ring (bicyclic) bond motifs is 1. The topological polar surface area (TPSA) is 66.5 Å². The Morgan fingerprint density at radius 3 is 2.81 bits per heavy atom. The molecule has 1 saturated heterocycles. The first kappa shape index (κ1) is 14.5. The average Bonchev–Trinajstić information content (AvgIpc) is 2.85. The minimum absolute atomic E-state index is 0.0109. The number of nitrogens with zero attached hydrogens (tertiary/aromatic N) is 1. The highest BCUT2D eigenvalue weighted by atomic mass is 32.2. The summed E-state index contributed by atoms with van der Waals surface area (Å²) in [5, 5.41) is 3.27. The molecule has 21 heavy (non-hydrogen) atoms. The highest BCUT2D eigenvalue weighted by Gasteiger charge is 2.36. The van der Waals surface area contributed by atoms with E-state index in [0.29, 0.717) is 13.0 Å². The molecule has 2 aliphatic rings. The summed E-state index contributed by atoms with van der Waals surface area (Å²) in [6, 6.07) is 7.77. The van der Waals surface area contributed by atoms with Crippen molar-refractivity contribution >= 4 is 15.7 Å². The Kier molecular flexibility index (Phi) is 3.75. The van der Waals surface area contributed by atoms with Crippen LogP contribution in [0.1, 0.15) is 23.5 Å². The predicted molar refractivity (Wildman–Crippen MR) is 80.7 cm³/mol. The van der Waals surface area contributed by atoms with Gasteiger partial charge in [0.15, 0.2) is 9.84 Å². The number of rotatable bonds is 2. The van der Waals surface area contributed by atoms with E-state index in [9.17, 15) is 13.2 Å². The lowest BCUT2D eigenvalue weighted by molar-refractivity contribution is -0.133. The van der Waals surface area contributed by atoms with Crippen molar-refractivity contribution in [1.29, 1.82) is 0 Å². The van der Waals surface area contributed by atoms with E-state index in [1.807, 2.05) is 24.3 Å². The summed E-state index contributed by atoms with van der Waals surface area (Å²) in [4.78, 5) is 14.4. The monoisotopic (exact) mass is 308 g/mol. The van der Waals surface area contributed by atoms with Crippen molar-refractivity contribution in [2.45, 2.75) is 24.9 Å². The summed E-state index contributed by atoms with van der Waals surface area (Å²) in [5.41, 5.74) is 2.21. The lowest BCUT2D eigenvalue weighted by atomic mass is 9.89. The lowest BCUT2D eigenvalue weighted by Gasteiger charge is -2.31. The number of amides is 1. The summed E-state index contributed by atoms with van der Waals surface area (Å²) in [7, 11) is -1.25. The zero-order valence-corrected chi connectivity index (χ0v) is 12.9. The second-order valence-electron chi connectivity index (χ2n) is 5.89. The average molecular weight is 308 g/mol. The third-order valence-corrected chi connectivity index (χ3v) is 6.25. The Labute approximate surface area is 125 Å². The molecule has 1 fully saturated rings. The quantitative estimate of drug-likeness (QED) is 0.865. The normalized spacial score (nSPS) is 27.1. The second kappa shape index (κ2) is 5.42. The largest absolute Gasteiger partial charge is 0.341 e. The van der Waals surface area contributed by atoms with Crippen LogP contribution in [0.2, 0.25) is 0 Å². The number of hydrogen-bond acceptors (Lipinski definition) is 4. The molecule has 0 aliphatic carbocycles. The maximum Gasteiger partial charge on any atom is 0.231 e. The third-order valence-electron chi connectivity index (χ3n) is 4.50. The third kappa shape index (κ3) is 2.82. The van der Waals surface area contributed by atoms with E-state index >= 15 is 0 Å². The number of benzene rings is 1. The molecule has 6 heteroatoms. The van der Waals surface area contributed by atoms with Gasteiger partial charge >= 0.3 is 0 Å². The molecule has 0 saturated carbocycles. The second-order valence-corrected chi connectivity index (χ2v) is 8.12.